The zero-order valence-electron chi connectivity index (χ0n) is 22.4. The summed E-state index contributed by atoms with van der Waals surface area (Å²) in [6.07, 6.45) is 3.49. The van der Waals surface area contributed by atoms with Crippen LogP contribution in [0.5, 0.6) is 5.75 Å². The normalized spacial score (nSPS) is 14.3. The summed E-state index contributed by atoms with van der Waals surface area (Å²) in [4.78, 5) is 23.0. The molecule has 2 N–H and O–H groups in total. The molecule has 0 saturated carbocycles. The van der Waals surface area contributed by atoms with E-state index in [4.69, 9.17) is 9.84 Å². The number of carbonyl (C=O) groups is 2. The SMILES string of the molecule is CCCCCCC(Oc1ccc(C2=CC=C(C(F)(F)F)CC2)c(C)c1)c1ccc(C(=O)NCCC(=O)O)cc1. The number of benzene rings is 2. The van der Waals surface area contributed by atoms with Gasteiger partial charge in [-0.25, -0.2) is 0 Å². The molecule has 0 bridgehead atoms. The molecule has 0 fully saturated rings. The lowest BCUT2D eigenvalue weighted by atomic mass is 9.90. The van der Waals surface area contributed by atoms with Crippen LogP contribution in [0.4, 0.5) is 13.2 Å². The van der Waals surface area contributed by atoms with Crippen molar-refractivity contribution in [3.05, 3.63) is 82.4 Å². The number of rotatable bonds is 13. The fraction of sp³-hybridized carbons (Fsp3) is 0.419. The number of aliphatic carboxylic acids is 1. The van der Waals surface area contributed by atoms with Crippen LogP contribution in [0.15, 0.2) is 60.2 Å². The minimum atomic E-state index is -4.29. The van der Waals surface area contributed by atoms with Crippen LogP contribution >= 0.6 is 0 Å². The standard InChI is InChI=1S/C31H36F3NO4/c1-3-4-5-6-7-28(23-8-10-24(11-9-23)30(38)35-19-18-29(36)37)39-26-16-17-27(21(2)20-26)22-12-14-25(15-13-22)31(32,33)34/h8-12,14,16-17,20,28H,3-7,13,15,18-19H2,1-2H3,(H,35,38)(H,36,37). The summed E-state index contributed by atoms with van der Waals surface area (Å²) in [6.45, 7) is 4.14. The lowest BCUT2D eigenvalue weighted by Gasteiger charge is -2.22. The number of carboxylic acids is 1. The quantitative estimate of drug-likeness (QED) is 0.251. The zero-order chi connectivity index (χ0) is 28.4. The summed E-state index contributed by atoms with van der Waals surface area (Å²) < 4.78 is 45.4. The number of hydrogen-bond donors (Lipinski definition) is 2. The Morgan fingerprint density at radius 2 is 1.77 bits per heavy atom. The molecule has 0 saturated heterocycles. The van der Waals surface area contributed by atoms with E-state index in [-0.39, 0.29) is 31.4 Å². The number of halogens is 3. The van der Waals surface area contributed by atoms with Crippen LogP contribution < -0.4 is 10.1 Å². The highest BCUT2D eigenvalue weighted by atomic mass is 19.4. The molecule has 1 aliphatic rings. The van der Waals surface area contributed by atoms with E-state index >= 15 is 0 Å². The van der Waals surface area contributed by atoms with Gasteiger partial charge < -0.3 is 15.2 Å². The summed E-state index contributed by atoms with van der Waals surface area (Å²) in [5.41, 5.74) is 3.59. The highest BCUT2D eigenvalue weighted by Gasteiger charge is 2.33. The first kappa shape index (κ1) is 30.0. The van der Waals surface area contributed by atoms with Crippen LogP contribution in [0.3, 0.4) is 0 Å². The molecule has 5 nitrogen and oxygen atoms in total. The molecule has 0 aromatic heterocycles. The molecule has 1 atom stereocenters. The number of ether oxygens (including phenoxy) is 1. The van der Waals surface area contributed by atoms with Gasteiger partial charge in [0, 0.05) is 17.7 Å². The van der Waals surface area contributed by atoms with Gasteiger partial charge in [0.15, 0.2) is 0 Å². The molecule has 0 aliphatic heterocycles. The summed E-state index contributed by atoms with van der Waals surface area (Å²) in [5.74, 6) is -0.626. The van der Waals surface area contributed by atoms with Crippen molar-refractivity contribution in [2.75, 3.05) is 6.54 Å². The molecule has 0 spiro atoms. The first-order valence-electron chi connectivity index (χ1n) is 13.4. The van der Waals surface area contributed by atoms with Crippen molar-refractivity contribution in [1.82, 2.24) is 5.32 Å². The minimum absolute atomic E-state index is 0.0273. The molecule has 2 aromatic rings. The second-order valence-corrected chi connectivity index (χ2v) is 9.84. The largest absolute Gasteiger partial charge is 0.486 e. The smallest absolute Gasteiger partial charge is 0.412 e. The van der Waals surface area contributed by atoms with Crippen LogP contribution in [0.2, 0.25) is 0 Å². The van der Waals surface area contributed by atoms with Crippen LogP contribution in [-0.2, 0) is 4.79 Å². The molecular weight excluding hydrogens is 507 g/mol. The number of hydrogen-bond acceptors (Lipinski definition) is 3. The number of nitrogens with one attached hydrogen (secondary N) is 1. The van der Waals surface area contributed by atoms with Crippen molar-refractivity contribution in [2.45, 2.75) is 77.5 Å². The van der Waals surface area contributed by atoms with Crippen molar-refractivity contribution in [2.24, 2.45) is 0 Å². The molecule has 1 aliphatic carbocycles. The summed E-state index contributed by atoms with van der Waals surface area (Å²) in [5, 5.41) is 11.3. The van der Waals surface area contributed by atoms with Gasteiger partial charge in [0.1, 0.15) is 11.9 Å². The van der Waals surface area contributed by atoms with E-state index in [1.165, 1.54) is 6.08 Å². The Morgan fingerprint density at radius 1 is 1.03 bits per heavy atom. The van der Waals surface area contributed by atoms with Crippen LogP contribution in [0, 0.1) is 6.92 Å². The van der Waals surface area contributed by atoms with Crippen molar-refractivity contribution < 1.29 is 32.6 Å². The number of carboxylic acid groups (broad SMARTS) is 1. The molecule has 39 heavy (non-hydrogen) atoms. The minimum Gasteiger partial charge on any atom is -0.486 e. The Kier molecular flexibility index (Phi) is 10.8. The number of alkyl halides is 3. The Labute approximate surface area is 227 Å². The van der Waals surface area contributed by atoms with Gasteiger partial charge in [0.25, 0.3) is 5.91 Å². The van der Waals surface area contributed by atoms with Gasteiger partial charge in [-0.15, -0.1) is 0 Å². The predicted molar refractivity (Wildman–Crippen MR) is 146 cm³/mol. The molecule has 2 aromatic carbocycles. The third-order valence-corrected chi connectivity index (χ3v) is 6.82. The van der Waals surface area contributed by atoms with Gasteiger partial charge in [-0.1, -0.05) is 56.5 Å². The lowest BCUT2D eigenvalue weighted by Crippen LogP contribution is -2.26. The number of amides is 1. The van der Waals surface area contributed by atoms with Gasteiger partial charge >= 0.3 is 12.1 Å². The maximum Gasteiger partial charge on any atom is 0.412 e. The average Bonchev–Trinajstić information content (AvgIpc) is 2.90. The number of aryl methyl sites for hydroxylation is 1. The topological polar surface area (TPSA) is 75.6 Å². The van der Waals surface area contributed by atoms with Gasteiger partial charge in [-0.3, -0.25) is 9.59 Å². The Morgan fingerprint density at radius 3 is 2.36 bits per heavy atom. The van der Waals surface area contributed by atoms with Gasteiger partial charge in [-0.2, -0.15) is 13.2 Å². The van der Waals surface area contributed by atoms with Crippen molar-refractivity contribution in [3.8, 4) is 5.75 Å². The second-order valence-electron chi connectivity index (χ2n) is 9.84. The third-order valence-electron chi connectivity index (χ3n) is 6.82. The van der Waals surface area contributed by atoms with Crippen molar-refractivity contribution in [3.63, 3.8) is 0 Å². The maximum absolute atomic E-state index is 13.0. The maximum atomic E-state index is 13.0. The zero-order valence-corrected chi connectivity index (χ0v) is 22.4. The number of carbonyl (C=O) groups excluding carboxylic acids is 1. The summed E-state index contributed by atoms with van der Waals surface area (Å²) >= 11 is 0. The number of unbranched alkanes of at least 4 members (excludes halogenated alkanes) is 3. The molecular formula is C31H36F3NO4. The second kappa shape index (κ2) is 14.0. The first-order chi connectivity index (χ1) is 18.6. The number of allylic oxidation sites excluding steroid dienone is 4. The van der Waals surface area contributed by atoms with Gasteiger partial charge in [-0.05, 0) is 79.1 Å². The predicted octanol–water partition coefficient (Wildman–Crippen LogP) is 7.96. The Hall–Kier alpha value is -3.55. The first-order valence-corrected chi connectivity index (χ1v) is 13.4. The molecule has 3 rings (SSSR count). The van der Waals surface area contributed by atoms with Gasteiger partial charge in [0.05, 0.1) is 6.42 Å². The monoisotopic (exact) mass is 543 g/mol. The van der Waals surface area contributed by atoms with Crippen molar-refractivity contribution >= 4 is 17.4 Å². The third kappa shape index (κ3) is 9.01. The molecule has 8 heteroatoms. The van der Waals surface area contributed by atoms with E-state index in [2.05, 4.69) is 12.2 Å². The van der Waals surface area contributed by atoms with E-state index in [0.717, 1.165) is 54.4 Å². The fourth-order valence-corrected chi connectivity index (χ4v) is 4.62. The summed E-state index contributed by atoms with van der Waals surface area (Å²) in [6, 6.07) is 12.8. The van der Waals surface area contributed by atoms with Crippen LogP contribution in [0.25, 0.3) is 5.57 Å². The van der Waals surface area contributed by atoms with E-state index in [9.17, 15) is 22.8 Å². The highest BCUT2D eigenvalue weighted by Crippen LogP contribution is 2.37. The average molecular weight is 544 g/mol. The van der Waals surface area contributed by atoms with E-state index in [0.29, 0.717) is 17.7 Å². The Bertz CT molecular complexity index is 1200. The lowest BCUT2D eigenvalue weighted by molar-refractivity contribution is -0.136. The van der Waals surface area contributed by atoms with E-state index < -0.39 is 17.7 Å². The van der Waals surface area contributed by atoms with Crippen LogP contribution in [0.1, 0.15) is 91.4 Å². The summed E-state index contributed by atoms with van der Waals surface area (Å²) in [7, 11) is 0. The Balaban J connectivity index is 1.74. The van der Waals surface area contributed by atoms with Gasteiger partial charge in [0.2, 0.25) is 0 Å². The van der Waals surface area contributed by atoms with Crippen molar-refractivity contribution in [1.29, 1.82) is 0 Å². The van der Waals surface area contributed by atoms with E-state index in [1.54, 1.807) is 18.2 Å². The van der Waals surface area contributed by atoms with E-state index in [1.807, 2.05) is 37.3 Å². The fourth-order valence-electron chi connectivity index (χ4n) is 4.62. The highest BCUT2D eigenvalue weighted by molar-refractivity contribution is 5.94. The van der Waals surface area contributed by atoms with Crippen LogP contribution in [-0.4, -0.2) is 29.7 Å². The molecule has 210 valence electrons. The molecule has 1 amide bonds. The molecule has 0 radical (unpaired) electrons. The molecule has 0 heterocycles. The molecule has 1 unspecified atom stereocenters.